The molecule has 1 atom stereocenters. The second kappa shape index (κ2) is 5.26. The molecular weight excluding hydrogens is 266 g/mol. The molecule has 1 amide bonds. The first-order valence-corrected chi connectivity index (χ1v) is 7.60. The number of fused-ring (bicyclic) bond motifs is 1. The molecule has 0 bridgehead atoms. The summed E-state index contributed by atoms with van der Waals surface area (Å²) >= 11 is 0. The van der Waals surface area contributed by atoms with E-state index in [0.29, 0.717) is 12.0 Å². The largest absolute Gasteiger partial charge is 0.388 e. The second-order valence-electron chi connectivity index (χ2n) is 6.33. The summed E-state index contributed by atoms with van der Waals surface area (Å²) in [6, 6.07) is 5.71. The fourth-order valence-corrected chi connectivity index (χ4v) is 3.75. The number of nitrogens with zero attached hydrogens (tertiary/aromatic N) is 1. The number of carbonyl (C=O) groups excluding carboxylic acids is 2. The summed E-state index contributed by atoms with van der Waals surface area (Å²) in [7, 11) is 0. The van der Waals surface area contributed by atoms with Gasteiger partial charge < -0.3 is 10.0 Å². The Kier molecular flexibility index (Phi) is 3.57. The van der Waals surface area contributed by atoms with E-state index in [0.717, 1.165) is 32.4 Å². The Morgan fingerprint density at radius 2 is 2.14 bits per heavy atom. The summed E-state index contributed by atoms with van der Waals surface area (Å²) in [6.45, 7) is 3.17. The van der Waals surface area contributed by atoms with Crippen molar-refractivity contribution < 1.29 is 14.7 Å². The molecule has 1 aromatic rings. The Morgan fingerprint density at radius 3 is 2.81 bits per heavy atom. The standard InChI is InChI=1S/C17H21NO3/c1-2-18-11-17(9-16(18)21)6-5-12-3-4-13(15(20)10-19)7-14(12)8-17/h3-4,7,19H,2,5-6,8-11H2,1H3. The van der Waals surface area contributed by atoms with Crippen LogP contribution < -0.4 is 0 Å². The SMILES string of the molecule is CCN1CC2(CCc3ccc(C(=O)CO)cc3C2)CC1=O. The zero-order valence-electron chi connectivity index (χ0n) is 12.4. The van der Waals surface area contributed by atoms with Crippen LogP contribution in [0.15, 0.2) is 18.2 Å². The quantitative estimate of drug-likeness (QED) is 0.859. The topological polar surface area (TPSA) is 57.6 Å². The molecule has 3 rings (SSSR count). The van der Waals surface area contributed by atoms with E-state index in [9.17, 15) is 9.59 Å². The van der Waals surface area contributed by atoms with Crippen molar-refractivity contribution in [2.24, 2.45) is 5.41 Å². The molecule has 0 aromatic heterocycles. The van der Waals surface area contributed by atoms with Crippen LogP contribution in [0, 0.1) is 5.41 Å². The molecule has 112 valence electrons. The molecule has 1 aromatic carbocycles. The van der Waals surface area contributed by atoms with Gasteiger partial charge in [0.05, 0.1) is 0 Å². The van der Waals surface area contributed by atoms with Gasteiger partial charge in [-0.3, -0.25) is 9.59 Å². The Labute approximate surface area is 124 Å². The number of ketones is 1. The van der Waals surface area contributed by atoms with E-state index in [1.807, 2.05) is 24.0 Å². The number of amides is 1. The van der Waals surface area contributed by atoms with Gasteiger partial charge in [0.15, 0.2) is 5.78 Å². The zero-order chi connectivity index (χ0) is 15.0. The minimum atomic E-state index is -0.452. The predicted molar refractivity (Wildman–Crippen MR) is 79.2 cm³/mol. The van der Waals surface area contributed by atoms with Gasteiger partial charge in [-0.15, -0.1) is 0 Å². The van der Waals surface area contributed by atoms with Crippen molar-refractivity contribution >= 4 is 11.7 Å². The summed E-state index contributed by atoms with van der Waals surface area (Å²) in [5.74, 6) is 0.0126. The summed E-state index contributed by atoms with van der Waals surface area (Å²) in [5, 5.41) is 9.00. The number of aliphatic hydroxyl groups is 1. The van der Waals surface area contributed by atoms with Crippen molar-refractivity contribution in [3.8, 4) is 0 Å². The van der Waals surface area contributed by atoms with Crippen molar-refractivity contribution in [3.05, 3.63) is 34.9 Å². The minimum Gasteiger partial charge on any atom is -0.388 e. The highest BCUT2D eigenvalue weighted by Crippen LogP contribution is 2.43. The minimum absolute atomic E-state index is 0.0426. The molecule has 4 heteroatoms. The van der Waals surface area contributed by atoms with E-state index in [1.54, 1.807) is 6.07 Å². The van der Waals surface area contributed by atoms with Crippen molar-refractivity contribution in [2.45, 2.75) is 32.6 Å². The molecule has 2 aliphatic rings. The van der Waals surface area contributed by atoms with E-state index in [-0.39, 0.29) is 17.1 Å². The van der Waals surface area contributed by atoms with E-state index >= 15 is 0 Å². The molecule has 1 aliphatic heterocycles. The van der Waals surface area contributed by atoms with Crippen LogP contribution in [0.3, 0.4) is 0 Å². The normalized spacial score (nSPS) is 24.5. The van der Waals surface area contributed by atoms with Gasteiger partial charge in [-0.2, -0.15) is 0 Å². The van der Waals surface area contributed by atoms with Gasteiger partial charge >= 0.3 is 0 Å². The van der Waals surface area contributed by atoms with E-state index < -0.39 is 6.61 Å². The Balaban J connectivity index is 1.88. The lowest BCUT2D eigenvalue weighted by Crippen LogP contribution is -2.33. The Morgan fingerprint density at radius 1 is 1.33 bits per heavy atom. The Bertz CT molecular complexity index is 596. The van der Waals surface area contributed by atoms with Crippen LogP contribution in [0.1, 0.15) is 41.3 Å². The number of hydrogen-bond acceptors (Lipinski definition) is 3. The third-order valence-corrected chi connectivity index (χ3v) is 4.95. The lowest BCUT2D eigenvalue weighted by Gasteiger charge is -2.34. The first-order valence-electron chi connectivity index (χ1n) is 7.60. The van der Waals surface area contributed by atoms with Crippen LogP contribution in [0.25, 0.3) is 0 Å². The molecule has 1 fully saturated rings. The van der Waals surface area contributed by atoms with Crippen molar-refractivity contribution in [2.75, 3.05) is 19.7 Å². The monoisotopic (exact) mass is 287 g/mol. The van der Waals surface area contributed by atoms with Gasteiger partial charge in [0, 0.05) is 30.5 Å². The van der Waals surface area contributed by atoms with Gasteiger partial charge in [0.25, 0.3) is 0 Å². The predicted octanol–water partition coefficient (Wildman–Crippen LogP) is 1.59. The first-order chi connectivity index (χ1) is 10.1. The summed E-state index contributed by atoms with van der Waals surface area (Å²) in [6.07, 6.45) is 3.48. The van der Waals surface area contributed by atoms with Crippen molar-refractivity contribution in [1.82, 2.24) is 4.90 Å². The number of hydrogen-bond donors (Lipinski definition) is 1. The van der Waals surface area contributed by atoms with Gasteiger partial charge in [-0.1, -0.05) is 12.1 Å². The van der Waals surface area contributed by atoms with Crippen molar-refractivity contribution in [1.29, 1.82) is 0 Å². The number of likely N-dealkylation sites (tertiary alicyclic amines) is 1. The molecule has 1 N–H and O–H groups in total. The molecule has 1 spiro atoms. The van der Waals surface area contributed by atoms with Crippen LogP contribution in [0.5, 0.6) is 0 Å². The highest BCUT2D eigenvalue weighted by molar-refractivity contribution is 5.97. The molecule has 4 nitrogen and oxygen atoms in total. The molecule has 0 saturated carbocycles. The van der Waals surface area contributed by atoms with Crippen LogP contribution in [-0.2, 0) is 17.6 Å². The zero-order valence-corrected chi connectivity index (χ0v) is 12.4. The number of rotatable bonds is 3. The first kappa shape index (κ1) is 14.3. The van der Waals surface area contributed by atoms with Gasteiger partial charge in [-0.25, -0.2) is 0 Å². The number of aliphatic hydroxyl groups excluding tert-OH is 1. The highest BCUT2D eigenvalue weighted by atomic mass is 16.3. The third kappa shape index (κ3) is 2.48. The lowest BCUT2D eigenvalue weighted by atomic mass is 9.70. The lowest BCUT2D eigenvalue weighted by molar-refractivity contribution is -0.127. The molecule has 1 unspecified atom stereocenters. The van der Waals surface area contributed by atoms with Gasteiger partial charge in [0.1, 0.15) is 6.61 Å². The maximum Gasteiger partial charge on any atom is 0.223 e. The maximum atomic E-state index is 12.1. The van der Waals surface area contributed by atoms with Crippen LogP contribution >= 0.6 is 0 Å². The van der Waals surface area contributed by atoms with E-state index in [1.165, 1.54) is 11.1 Å². The summed E-state index contributed by atoms with van der Waals surface area (Å²) < 4.78 is 0. The van der Waals surface area contributed by atoms with Crippen LogP contribution in [-0.4, -0.2) is 41.4 Å². The molecule has 1 saturated heterocycles. The summed E-state index contributed by atoms with van der Waals surface area (Å²) in [5.41, 5.74) is 3.06. The average Bonchev–Trinajstić information content (AvgIpc) is 2.81. The molecule has 1 aliphatic carbocycles. The highest BCUT2D eigenvalue weighted by Gasteiger charge is 2.44. The number of Topliss-reactive ketones (excluding diaryl/α,β-unsaturated/α-hetero) is 1. The molecule has 1 heterocycles. The number of aryl methyl sites for hydroxylation is 1. The molecule has 21 heavy (non-hydrogen) atoms. The smallest absolute Gasteiger partial charge is 0.223 e. The fraction of sp³-hybridized carbons (Fsp3) is 0.529. The number of carbonyl (C=O) groups is 2. The molecular formula is C17H21NO3. The Hall–Kier alpha value is -1.68. The summed E-state index contributed by atoms with van der Waals surface area (Å²) in [4.78, 5) is 25.6. The van der Waals surface area contributed by atoms with Crippen LogP contribution in [0.4, 0.5) is 0 Å². The van der Waals surface area contributed by atoms with Crippen LogP contribution in [0.2, 0.25) is 0 Å². The van der Waals surface area contributed by atoms with Crippen molar-refractivity contribution in [3.63, 3.8) is 0 Å². The van der Waals surface area contributed by atoms with E-state index in [4.69, 9.17) is 5.11 Å². The molecule has 0 radical (unpaired) electrons. The van der Waals surface area contributed by atoms with E-state index in [2.05, 4.69) is 0 Å². The number of benzene rings is 1. The maximum absolute atomic E-state index is 12.1. The van der Waals surface area contributed by atoms with Gasteiger partial charge in [-0.05, 0) is 43.4 Å². The second-order valence-corrected chi connectivity index (χ2v) is 6.33. The fourth-order valence-electron chi connectivity index (χ4n) is 3.75. The third-order valence-electron chi connectivity index (χ3n) is 4.95. The van der Waals surface area contributed by atoms with Gasteiger partial charge in [0.2, 0.25) is 5.91 Å². The average molecular weight is 287 g/mol.